The van der Waals surface area contributed by atoms with Crippen molar-refractivity contribution in [2.24, 2.45) is 0 Å². The van der Waals surface area contributed by atoms with Crippen LogP contribution in [-0.2, 0) is 19.2 Å². The van der Waals surface area contributed by atoms with Crippen molar-refractivity contribution in [1.82, 2.24) is 0 Å². The van der Waals surface area contributed by atoms with Crippen LogP contribution in [0.4, 0.5) is 26.3 Å². The van der Waals surface area contributed by atoms with Crippen LogP contribution in [0.2, 0.25) is 0 Å². The number of ketones is 4. The molecule has 120 valence electrons. The van der Waals surface area contributed by atoms with Crippen LogP contribution >= 0.6 is 0 Å². The molecule has 0 aliphatic carbocycles. The van der Waals surface area contributed by atoms with Gasteiger partial charge in [0.25, 0.3) is 0 Å². The Morgan fingerprint density at radius 2 is 0.857 bits per heavy atom. The molecule has 21 heavy (non-hydrogen) atoms. The predicted octanol–water partition coefficient (Wildman–Crippen LogP) is 1.81. The molecule has 0 aliphatic rings. The zero-order valence-corrected chi connectivity index (χ0v) is 14.7. The summed E-state index contributed by atoms with van der Waals surface area (Å²) in [6.07, 6.45) is -11.8. The summed E-state index contributed by atoms with van der Waals surface area (Å²) in [5.74, 6) is -5.52. The molecule has 11 heteroatoms. The first-order chi connectivity index (χ1) is 8.67. The van der Waals surface area contributed by atoms with Crippen LogP contribution in [0.15, 0.2) is 0 Å². The number of hydrogen-bond acceptors (Lipinski definition) is 4. The Hall–Kier alpha value is -0.818. The number of rotatable bonds is 4. The van der Waals surface area contributed by atoms with Crippen LogP contribution in [0.1, 0.15) is 26.7 Å². The smallest absolute Gasteiger partial charge is 0.300 e. The van der Waals surface area contributed by atoms with E-state index in [4.69, 9.17) is 0 Å². The van der Waals surface area contributed by atoms with E-state index in [1.54, 1.807) is 0 Å². The molecule has 0 aromatic heterocycles. The van der Waals surface area contributed by atoms with Crippen LogP contribution in [0.3, 0.4) is 0 Å². The Balaban J connectivity index is -0.000000295. The fourth-order valence-corrected chi connectivity index (χ4v) is 0.653. The zero-order valence-electron chi connectivity index (χ0n) is 10.8. The van der Waals surface area contributed by atoms with Gasteiger partial charge in [0.05, 0.1) is 12.8 Å². The van der Waals surface area contributed by atoms with Crippen molar-refractivity contribution < 1.29 is 45.5 Å². The summed E-state index contributed by atoms with van der Waals surface area (Å²) in [7, 11) is 0. The second-order valence-electron chi connectivity index (χ2n) is 3.60. The average molecular weight is 515 g/mol. The first-order valence-corrected chi connectivity index (χ1v) is 4.86. The Morgan fingerprint density at radius 1 is 0.667 bits per heavy atom. The molecular formula is C10H10F6O4Pb. The molecule has 0 aromatic rings. The molecule has 0 aromatic carbocycles. The van der Waals surface area contributed by atoms with Gasteiger partial charge in [0.2, 0.25) is 11.6 Å². The quantitative estimate of drug-likeness (QED) is 0.326. The molecule has 0 unspecified atom stereocenters. The summed E-state index contributed by atoms with van der Waals surface area (Å²) < 4.78 is 67.8. The number of halogens is 6. The fraction of sp³-hybridized carbons (Fsp3) is 0.600. The molecule has 0 rings (SSSR count). The van der Waals surface area contributed by atoms with Gasteiger partial charge in [0.1, 0.15) is 11.6 Å². The largest absolute Gasteiger partial charge is 0.450 e. The van der Waals surface area contributed by atoms with E-state index in [0.717, 1.165) is 13.8 Å². The number of carbonyl (C=O) groups excluding carboxylic acids is 4. The van der Waals surface area contributed by atoms with E-state index in [1.807, 2.05) is 0 Å². The molecule has 0 saturated carbocycles. The number of Topliss-reactive ketones (excluding diaryl/α,β-unsaturated/α-hetero) is 4. The summed E-state index contributed by atoms with van der Waals surface area (Å²) in [5.41, 5.74) is 0. The molecular weight excluding hydrogens is 505 g/mol. The summed E-state index contributed by atoms with van der Waals surface area (Å²) in [6.45, 7) is 1.87. The van der Waals surface area contributed by atoms with Crippen LogP contribution < -0.4 is 0 Å². The topological polar surface area (TPSA) is 68.3 Å². The van der Waals surface area contributed by atoms with Gasteiger partial charge in [-0.3, -0.25) is 19.2 Å². The Morgan fingerprint density at radius 3 is 0.905 bits per heavy atom. The molecule has 0 heterocycles. The molecule has 0 aliphatic heterocycles. The van der Waals surface area contributed by atoms with Crippen LogP contribution in [0.5, 0.6) is 0 Å². The Bertz CT molecular complexity index is 361. The summed E-state index contributed by atoms with van der Waals surface area (Å²) in [6, 6.07) is 0. The van der Waals surface area contributed by atoms with Crippen molar-refractivity contribution in [1.29, 1.82) is 0 Å². The minimum Gasteiger partial charge on any atom is -0.300 e. The molecule has 0 N–H and O–H groups in total. The molecule has 0 atom stereocenters. The van der Waals surface area contributed by atoms with Crippen molar-refractivity contribution in [3.63, 3.8) is 0 Å². The van der Waals surface area contributed by atoms with Crippen molar-refractivity contribution in [3.8, 4) is 0 Å². The second-order valence-corrected chi connectivity index (χ2v) is 3.60. The summed E-state index contributed by atoms with van der Waals surface area (Å²) in [5, 5.41) is 0. The molecule has 0 saturated heterocycles. The van der Waals surface area contributed by atoms with Gasteiger partial charge in [0, 0.05) is 27.3 Å². The van der Waals surface area contributed by atoms with Crippen LogP contribution in [0.25, 0.3) is 0 Å². The van der Waals surface area contributed by atoms with Crippen LogP contribution in [-0.4, -0.2) is 62.8 Å². The number of carbonyl (C=O) groups is 4. The third-order valence-electron chi connectivity index (χ3n) is 1.45. The maximum Gasteiger partial charge on any atom is 0.450 e. The summed E-state index contributed by atoms with van der Waals surface area (Å²) >= 11 is 0. The van der Waals surface area contributed by atoms with E-state index in [2.05, 4.69) is 0 Å². The zero-order chi connectivity index (χ0) is 16.7. The van der Waals surface area contributed by atoms with Crippen LogP contribution in [0, 0.1) is 0 Å². The van der Waals surface area contributed by atoms with E-state index in [9.17, 15) is 45.5 Å². The SMILES string of the molecule is CC(=O)CC(=O)C(F)(F)F.CC(=O)CC(=O)C(F)(F)F.[Pb]. The van der Waals surface area contributed by atoms with Gasteiger partial charge in [0.15, 0.2) is 0 Å². The molecule has 0 spiro atoms. The normalized spacial score (nSPS) is 10.7. The van der Waals surface area contributed by atoms with Crippen molar-refractivity contribution >= 4 is 50.4 Å². The van der Waals surface area contributed by atoms with E-state index in [0.29, 0.717) is 0 Å². The van der Waals surface area contributed by atoms with Gasteiger partial charge in [-0.25, -0.2) is 0 Å². The maximum atomic E-state index is 11.3. The average Bonchev–Trinajstić information content (AvgIpc) is 2.13. The van der Waals surface area contributed by atoms with Gasteiger partial charge in [-0.15, -0.1) is 0 Å². The van der Waals surface area contributed by atoms with Gasteiger partial charge in [-0.1, -0.05) is 0 Å². The molecule has 4 nitrogen and oxygen atoms in total. The third-order valence-corrected chi connectivity index (χ3v) is 1.45. The minimum atomic E-state index is -4.87. The van der Waals surface area contributed by atoms with E-state index < -0.39 is 48.3 Å². The molecule has 0 fully saturated rings. The van der Waals surface area contributed by atoms with Crippen molar-refractivity contribution in [3.05, 3.63) is 0 Å². The van der Waals surface area contributed by atoms with Gasteiger partial charge in [-0.2, -0.15) is 26.3 Å². The van der Waals surface area contributed by atoms with Gasteiger partial charge < -0.3 is 0 Å². The minimum absolute atomic E-state index is 0. The monoisotopic (exact) mass is 516 g/mol. The standard InChI is InChI=1S/2C5H5F3O2.Pb/c2*1-3(9)2-4(10)5(6,7)8;/h2*2H2,1H3;. The van der Waals surface area contributed by atoms with Crippen molar-refractivity contribution in [2.45, 2.75) is 39.0 Å². The Kier molecular flexibility index (Phi) is 12.0. The Labute approximate surface area is 135 Å². The predicted molar refractivity (Wildman–Crippen MR) is 58.5 cm³/mol. The van der Waals surface area contributed by atoms with E-state index in [1.165, 1.54) is 0 Å². The van der Waals surface area contributed by atoms with Crippen molar-refractivity contribution in [2.75, 3.05) is 0 Å². The first-order valence-electron chi connectivity index (χ1n) is 4.86. The number of alkyl halides is 6. The van der Waals surface area contributed by atoms with E-state index >= 15 is 0 Å². The molecule has 0 amide bonds. The number of hydrogen-bond donors (Lipinski definition) is 0. The maximum absolute atomic E-state index is 11.3. The first kappa shape index (κ1) is 25.2. The molecule has 4 radical (unpaired) electrons. The van der Waals surface area contributed by atoms with Gasteiger partial charge in [-0.05, 0) is 13.8 Å². The fourth-order valence-electron chi connectivity index (χ4n) is 0.653. The van der Waals surface area contributed by atoms with Gasteiger partial charge >= 0.3 is 12.4 Å². The summed E-state index contributed by atoms with van der Waals surface area (Å²) in [4.78, 5) is 39.8. The molecule has 0 bridgehead atoms. The van der Waals surface area contributed by atoms with E-state index in [-0.39, 0.29) is 27.3 Å². The third kappa shape index (κ3) is 15.4. The second kappa shape index (κ2) is 10.00.